The molecule has 6 nitrogen and oxygen atoms in total. The fourth-order valence-electron chi connectivity index (χ4n) is 2.29. The summed E-state index contributed by atoms with van der Waals surface area (Å²) in [6.07, 6.45) is 0. The van der Waals surface area contributed by atoms with Gasteiger partial charge >= 0.3 is 0 Å². The van der Waals surface area contributed by atoms with E-state index >= 15 is 0 Å². The first-order chi connectivity index (χ1) is 12.1. The summed E-state index contributed by atoms with van der Waals surface area (Å²) in [5.41, 5.74) is 7.43. The van der Waals surface area contributed by atoms with Gasteiger partial charge in [-0.25, -0.2) is 9.97 Å². The molecule has 0 fully saturated rings. The Morgan fingerprint density at radius 2 is 1.56 bits per heavy atom. The summed E-state index contributed by atoms with van der Waals surface area (Å²) in [5, 5.41) is 0. The third-order valence-corrected chi connectivity index (χ3v) is 3.35. The van der Waals surface area contributed by atoms with E-state index in [1.54, 1.807) is 24.3 Å². The van der Waals surface area contributed by atoms with Crippen molar-refractivity contribution < 1.29 is 9.53 Å². The average molecular weight is 334 g/mol. The highest BCUT2D eigenvalue weighted by Crippen LogP contribution is 2.21. The molecule has 1 amide bonds. The van der Waals surface area contributed by atoms with E-state index in [1.807, 2.05) is 50.2 Å². The topological polar surface area (TPSA) is 76.1 Å². The fourth-order valence-corrected chi connectivity index (χ4v) is 2.29. The van der Waals surface area contributed by atoms with Crippen molar-refractivity contribution in [2.75, 3.05) is 5.43 Å². The van der Waals surface area contributed by atoms with Gasteiger partial charge in [0.15, 0.2) is 0 Å². The molecule has 6 heteroatoms. The van der Waals surface area contributed by atoms with Crippen molar-refractivity contribution in [3.63, 3.8) is 0 Å². The van der Waals surface area contributed by atoms with E-state index in [-0.39, 0.29) is 5.91 Å². The summed E-state index contributed by atoms with van der Waals surface area (Å²) in [6.45, 7) is 3.73. The van der Waals surface area contributed by atoms with Crippen LogP contribution in [0.2, 0.25) is 0 Å². The molecule has 0 saturated heterocycles. The van der Waals surface area contributed by atoms with Crippen LogP contribution in [0.4, 0.5) is 5.95 Å². The van der Waals surface area contributed by atoms with Crippen LogP contribution in [0, 0.1) is 13.8 Å². The second-order valence-electron chi connectivity index (χ2n) is 5.50. The fraction of sp³-hybridized carbons (Fsp3) is 0.105. The lowest BCUT2D eigenvalue weighted by Gasteiger charge is -2.10. The number of aromatic nitrogens is 2. The minimum absolute atomic E-state index is 0.304. The Labute approximate surface area is 145 Å². The molecule has 0 aliphatic rings. The van der Waals surface area contributed by atoms with E-state index in [0.29, 0.717) is 23.0 Å². The number of nitrogens with zero attached hydrogens (tertiary/aromatic N) is 2. The molecule has 3 rings (SSSR count). The predicted molar refractivity (Wildman–Crippen MR) is 95.6 cm³/mol. The lowest BCUT2D eigenvalue weighted by Crippen LogP contribution is -2.30. The molecule has 0 bridgehead atoms. The average Bonchev–Trinajstić information content (AvgIpc) is 2.60. The largest absolute Gasteiger partial charge is 0.457 e. The quantitative estimate of drug-likeness (QED) is 0.697. The smallest absolute Gasteiger partial charge is 0.269 e. The van der Waals surface area contributed by atoms with Crippen molar-refractivity contribution >= 4 is 11.9 Å². The van der Waals surface area contributed by atoms with Gasteiger partial charge in [-0.15, -0.1) is 0 Å². The third kappa shape index (κ3) is 4.54. The van der Waals surface area contributed by atoms with Crippen molar-refractivity contribution in [2.45, 2.75) is 13.8 Å². The molecular formula is C19H18N4O2. The first kappa shape index (κ1) is 16.4. The molecule has 0 radical (unpaired) electrons. The highest BCUT2D eigenvalue weighted by Gasteiger charge is 2.08. The molecule has 0 spiro atoms. The Morgan fingerprint density at radius 1 is 0.880 bits per heavy atom. The number of ether oxygens (including phenoxy) is 1. The van der Waals surface area contributed by atoms with Gasteiger partial charge in [-0.3, -0.25) is 15.6 Å². The number of aryl methyl sites for hydroxylation is 2. The zero-order chi connectivity index (χ0) is 17.6. The Kier molecular flexibility index (Phi) is 4.89. The maximum Gasteiger partial charge on any atom is 0.269 e. The summed E-state index contributed by atoms with van der Waals surface area (Å²) in [7, 11) is 0. The van der Waals surface area contributed by atoms with Gasteiger partial charge in [-0.1, -0.05) is 24.3 Å². The Morgan fingerprint density at radius 3 is 2.28 bits per heavy atom. The van der Waals surface area contributed by atoms with E-state index in [2.05, 4.69) is 20.8 Å². The van der Waals surface area contributed by atoms with Gasteiger partial charge in [-0.05, 0) is 50.2 Å². The van der Waals surface area contributed by atoms with Crippen LogP contribution in [0.25, 0.3) is 0 Å². The second kappa shape index (κ2) is 7.44. The Balaban J connectivity index is 1.67. The number of para-hydroxylation sites is 1. The van der Waals surface area contributed by atoms with E-state index < -0.39 is 0 Å². The summed E-state index contributed by atoms with van der Waals surface area (Å²) in [5.74, 6) is 1.34. The summed E-state index contributed by atoms with van der Waals surface area (Å²) >= 11 is 0. The number of rotatable bonds is 5. The number of carbonyl (C=O) groups is 1. The molecule has 126 valence electrons. The summed E-state index contributed by atoms with van der Waals surface area (Å²) in [6, 6.07) is 18.2. The highest BCUT2D eigenvalue weighted by atomic mass is 16.5. The molecule has 2 N–H and O–H groups in total. The van der Waals surface area contributed by atoms with Crippen LogP contribution in [0.15, 0.2) is 60.7 Å². The number of carbonyl (C=O) groups excluding carboxylic acids is 1. The monoisotopic (exact) mass is 334 g/mol. The van der Waals surface area contributed by atoms with Crippen LogP contribution in [-0.2, 0) is 0 Å². The number of hydrazine groups is 1. The van der Waals surface area contributed by atoms with Crippen molar-refractivity contribution in [1.29, 1.82) is 0 Å². The van der Waals surface area contributed by atoms with Gasteiger partial charge in [0.05, 0.1) is 0 Å². The molecule has 0 atom stereocenters. The molecule has 0 aliphatic heterocycles. The van der Waals surface area contributed by atoms with E-state index in [9.17, 15) is 4.79 Å². The van der Waals surface area contributed by atoms with Crippen LogP contribution in [0.1, 0.15) is 21.7 Å². The van der Waals surface area contributed by atoms with Gasteiger partial charge in [0, 0.05) is 17.0 Å². The van der Waals surface area contributed by atoms with Crippen molar-refractivity contribution in [3.8, 4) is 11.5 Å². The zero-order valence-electron chi connectivity index (χ0n) is 14.0. The highest BCUT2D eigenvalue weighted by molar-refractivity contribution is 5.95. The lowest BCUT2D eigenvalue weighted by atomic mass is 10.2. The molecule has 1 heterocycles. The molecular weight excluding hydrogens is 316 g/mol. The number of anilines is 1. The molecule has 1 aromatic heterocycles. The first-order valence-corrected chi connectivity index (χ1v) is 7.82. The summed E-state index contributed by atoms with van der Waals surface area (Å²) < 4.78 is 5.74. The molecule has 2 aromatic carbocycles. The minimum Gasteiger partial charge on any atom is -0.457 e. The summed E-state index contributed by atoms with van der Waals surface area (Å²) in [4.78, 5) is 20.7. The van der Waals surface area contributed by atoms with Crippen LogP contribution in [0.3, 0.4) is 0 Å². The van der Waals surface area contributed by atoms with Gasteiger partial charge in [-0.2, -0.15) is 0 Å². The van der Waals surface area contributed by atoms with E-state index in [4.69, 9.17) is 4.74 Å². The van der Waals surface area contributed by atoms with E-state index in [0.717, 1.165) is 11.4 Å². The van der Waals surface area contributed by atoms with Gasteiger partial charge in [0.1, 0.15) is 11.5 Å². The minimum atomic E-state index is -0.304. The molecule has 0 unspecified atom stereocenters. The number of hydrogen-bond donors (Lipinski definition) is 2. The van der Waals surface area contributed by atoms with Crippen LogP contribution >= 0.6 is 0 Å². The standard InChI is InChI=1S/C19H18N4O2/c1-13-11-14(2)21-19(20-13)23-22-18(24)15-7-6-10-17(12-15)25-16-8-4-3-5-9-16/h3-12H,1-2H3,(H,22,24)(H,20,21,23). The SMILES string of the molecule is Cc1cc(C)nc(NNC(=O)c2cccc(Oc3ccccc3)c2)n1. The van der Waals surface area contributed by atoms with Gasteiger partial charge in [0.2, 0.25) is 5.95 Å². The van der Waals surface area contributed by atoms with Crippen molar-refractivity contribution in [1.82, 2.24) is 15.4 Å². The van der Waals surface area contributed by atoms with Gasteiger partial charge in [0.25, 0.3) is 5.91 Å². The molecule has 0 saturated carbocycles. The number of hydrogen-bond acceptors (Lipinski definition) is 5. The predicted octanol–water partition coefficient (Wildman–Crippen LogP) is 3.64. The second-order valence-corrected chi connectivity index (χ2v) is 5.50. The van der Waals surface area contributed by atoms with Crippen LogP contribution < -0.4 is 15.6 Å². The number of nitrogens with one attached hydrogen (secondary N) is 2. The Bertz CT molecular complexity index is 861. The Hall–Kier alpha value is -3.41. The van der Waals surface area contributed by atoms with Crippen LogP contribution in [0.5, 0.6) is 11.5 Å². The molecule has 3 aromatic rings. The normalized spacial score (nSPS) is 10.2. The molecule has 25 heavy (non-hydrogen) atoms. The van der Waals surface area contributed by atoms with Crippen molar-refractivity contribution in [3.05, 3.63) is 77.6 Å². The van der Waals surface area contributed by atoms with Crippen LogP contribution in [-0.4, -0.2) is 15.9 Å². The number of amides is 1. The van der Waals surface area contributed by atoms with Gasteiger partial charge < -0.3 is 4.74 Å². The third-order valence-electron chi connectivity index (χ3n) is 3.35. The van der Waals surface area contributed by atoms with Crippen molar-refractivity contribution in [2.24, 2.45) is 0 Å². The zero-order valence-corrected chi connectivity index (χ0v) is 14.0. The maximum atomic E-state index is 12.3. The first-order valence-electron chi connectivity index (χ1n) is 7.82. The molecule has 0 aliphatic carbocycles. The maximum absolute atomic E-state index is 12.3. The number of benzene rings is 2. The lowest BCUT2D eigenvalue weighted by molar-refractivity contribution is 0.0962. The van der Waals surface area contributed by atoms with E-state index in [1.165, 1.54) is 0 Å².